The van der Waals surface area contributed by atoms with E-state index in [1.54, 1.807) is 32.0 Å². The largest absolute Gasteiger partial charge is 0.454 e. The smallest absolute Gasteiger partial charge is 0.408 e. The third kappa shape index (κ3) is 8.07. The summed E-state index contributed by atoms with van der Waals surface area (Å²) in [5.74, 6) is -1.59. The van der Waals surface area contributed by atoms with Gasteiger partial charge >= 0.3 is 6.09 Å². The molecule has 214 valence electrons. The molecule has 2 atom stereocenters. The molecule has 1 heterocycles. The molecular weight excluding hydrogens is 526 g/mol. The number of ketones is 1. The number of Topliss-reactive ketones (excluding diaryl/α,β-unsaturated/α-hetero) is 1. The number of carbonyl (C=O) groups excluding carboxylic acids is 4. The van der Waals surface area contributed by atoms with E-state index < -0.39 is 41.7 Å². The highest BCUT2D eigenvalue weighted by Gasteiger charge is 2.32. The van der Waals surface area contributed by atoms with E-state index in [-0.39, 0.29) is 26.4 Å². The van der Waals surface area contributed by atoms with Crippen molar-refractivity contribution in [2.45, 2.75) is 45.5 Å². The van der Waals surface area contributed by atoms with Crippen LogP contribution in [-0.2, 0) is 38.7 Å². The van der Waals surface area contributed by atoms with Gasteiger partial charge in [0, 0.05) is 18.5 Å². The summed E-state index contributed by atoms with van der Waals surface area (Å²) in [5, 5.41) is 7.89. The van der Waals surface area contributed by atoms with Crippen LogP contribution in [0.5, 0.6) is 11.5 Å². The van der Waals surface area contributed by atoms with Crippen molar-refractivity contribution < 1.29 is 33.4 Å². The van der Waals surface area contributed by atoms with Crippen molar-refractivity contribution in [3.8, 4) is 11.5 Å². The Morgan fingerprint density at radius 2 is 1.51 bits per heavy atom. The Morgan fingerprint density at radius 1 is 0.829 bits per heavy atom. The minimum Gasteiger partial charge on any atom is -0.454 e. The van der Waals surface area contributed by atoms with Crippen LogP contribution in [0.15, 0.2) is 78.9 Å². The summed E-state index contributed by atoms with van der Waals surface area (Å²) in [4.78, 5) is 52.0. The molecule has 0 aromatic heterocycles. The van der Waals surface area contributed by atoms with Crippen LogP contribution >= 0.6 is 0 Å². The first-order valence-corrected chi connectivity index (χ1v) is 13.3. The molecule has 0 unspecified atom stereocenters. The van der Waals surface area contributed by atoms with E-state index in [0.717, 1.165) is 11.1 Å². The third-order valence-corrected chi connectivity index (χ3v) is 6.49. The van der Waals surface area contributed by atoms with Gasteiger partial charge in [0.1, 0.15) is 12.6 Å². The first-order valence-electron chi connectivity index (χ1n) is 13.3. The van der Waals surface area contributed by atoms with Crippen molar-refractivity contribution in [2.75, 3.05) is 6.79 Å². The van der Waals surface area contributed by atoms with Crippen molar-refractivity contribution in [3.63, 3.8) is 0 Å². The zero-order valence-electron chi connectivity index (χ0n) is 22.9. The maximum atomic E-state index is 13.4. The van der Waals surface area contributed by atoms with Crippen LogP contribution in [0.2, 0.25) is 0 Å². The van der Waals surface area contributed by atoms with Crippen molar-refractivity contribution in [1.82, 2.24) is 16.0 Å². The molecule has 0 radical (unpaired) electrons. The van der Waals surface area contributed by atoms with Gasteiger partial charge in [0.15, 0.2) is 11.5 Å². The maximum absolute atomic E-state index is 13.4. The maximum Gasteiger partial charge on any atom is 0.408 e. The van der Waals surface area contributed by atoms with E-state index in [4.69, 9.17) is 14.2 Å². The SMILES string of the molecule is CC(C)[C@H](NC(=O)[C@H](Cc1ccccc1)NC(=O)OCc1ccccc1)C(=O)C(=O)NCc1cccc2c1OCO2. The highest BCUT2D eigenvalue weighted by Crippen LogP contribution is 2.35. The third-order valence-electron chi connectivity index (χ3n) is 6.49. The number of rotatable bonds is 12. The molecule has 0 bridgehead atoms. The van der Waals surface area contributed by atoms with E-state index in [1.165, 1.54) is 0 Å². The van der Waals surface area contributed by atoms with Gasteiger partial charge in [-0.1, -0.05) is 86.6 Å². The molecule has 3 amide bonds. The van der Waals surface area contributed by atoms with Gasteiger partial charge in [0.05, 0.1) is 6.04 Å². The topological polar surface area (TPSA) is 132 Å². The molecule has 3 aromatic rings. The predicted octanol–water partition coefficient (Wildman–Crippen LogP) is 3.28. The lowest BCUT2D eigenvalue weighted by atomic mass is 9.97. The number of alkyl carbamates (subject to hydrolysis) is 1. The highest BCUT2D eigenvalue weighted by molar-refractivity contribution is 6.38. The van der Waals surface area contributed by atoms with Crippen molar-refractivity contribution in [1.29, 1.82) is 0 Å². The molecule has 0 spiro atoms. The number of ether oxygens (including phenoxy) is 3. The lowest BCUT2D eigenvalue weighted by Crippen LogP contribution is -2.56. The van der Waals surface area contributed by atoms with Gasteiger partial charge in [-0.25, -0.2) is 4.79 Å². The van der Waals surface area contributed by atoms with Crippen molar-refractivity contribution >= 4 is 23.7 Å². The summed E-state index contributed by atoms with van der Waals surface area (Å²) in [5.41, 5.74) is 2.25. The Labute approximate surface area is 238 Å². The number of hydrogen-bond acceptors (Lipinski definition) is 7. The summed E-state index contributed by atoms with van der Waals surface area (Å²) in [6.07, 6.45) is -0.629. The molecule has 10 nitrogen and oxygen atoms in total. The highest BCUT2D eigenvalue weighted by atomic mass is 16.7. The fraction of sp³-hybridized carbons (Fsp3) is 0.290. The Morgan fingerprint density at radius 3 is 2.20 bits per heavy atom. The second kappa shape index (κ2) is 14.0. The molecular formula is C31H33N3O7. The Bertz CT molecular complexity index is 1360. The zero-order valence-corrected chi connectivity index (χ0v) is 22.9. The second-order valence-corrected chi connectivity index (χ2v) is 9.88. The van der Waals surface area contributed by atoms with Crippen LogP contribution in [0, 0.1) is 5.92 Å². The summed E-state index contributed by atoms with van der Waals surface area (Å²) in [6.45, 7) is 3.60. The average molecular weight is 560 g/mol. The van der Waals surface area contributed by atoms with Crippen LogP contribution in [-0.4, -0.2) is 42.6 Å². The number of carbonyl (C=O) groups is 4. The zero-order chi connectivity index (χ0) is 29.2. The van der Waals surface area contributed by atoms with Crippen LogP contribution in [0.25, 0.3) is 0 Å². The molecule has 41 heavy (non-hydrogen) atoms. The minimum absolute atomic E-state index is 0.0292. The van der Waals surface area contributed by atoms with Crippen LogP contribution in [0.3, 0.4) is 0 Å². The molecule has 1 aliphatic heterocycles. The number of fused-ring (bicyclic) bond motifs is 1. The van der Waals surface area contributed by atoms with E-state index >= 15 is 0 Å². The van der Waals surface area contributed by atoms with Crippen LogP contribution < -0.4 is 25.4 Å². The summed E-state index contributed by atoms with van der Waals surface area (Å²) < 4.78 is 16.1. The van der Waals surface area contributed by atoms with Crippen LogP contribution in [0.4, 0.5) is 4.79 Å². The molecule has 10 heteroatoms. The van der Waals surface area contributed by atoms with Crippen LogP contribution in [0.1, 0.15) is 30.5 Å². The molecule has 3 aromatic carbocycles. The van der Waals surface area contributed by atoms with Crippen molar-refractivity contribution in [3.05, 3.63) is 95.6 Å². The van der Waals surface area contributed by atoms with Gasteiger partial charge in [-0.3, -0.25) is 14.4 Å². The standard InChI is InChI=1S/C31H33N3O7/c1-20(2)26(27(35)30(37)32-17-23-14-9-15-25-28(23)41-19-40-25)34-29(36)24(16-21-10-5-3-6-11-21)33-31(38)39-18-22-12-7-4-8-13-22/h3-15,20,24,26H,16-19H2,1-2H3,(H,32,37)(H,33,38)(H,34,36)/t24-,26-/m0/s1. The number of hydrogen-bond donors (Lipinski definition) is 3. The lowest BCUT2D eigenvalue weighted by molar-refractivity contribution is -0.141. The number of para-hydroxylation sites is 1. The number of nitrogens with one attached hydrogen (secondary N) is 3. The quantitative estimate of drug-likeness (QED) is 0.290. The molecule has 3 N–H and O–H groups in total. The number of amides is 3. The lowest BCUT2D eigenvalue weighted by Gasteiger charge is -2.25. The first-order chi connectivity index (χ1) is 19.8. The van der Waals surface area contributed by atoms with Crippen molar-refractivity contribution in [2.24, 2.45) is 5.92 Å². The predicted molar refractivity (Wildman–Crippen MR) is 150 cm³/mol. The normalized spacial score (nSPS) is 13.1. The Kier molecular flexibility index (Phi) is 9.93. The fourth-order valence-electron chi connectivity index (χ4n) is 4.29. The molecule has 0 saturated carbocycles. The molecule has 1 aliphatic rings. The summed E-state index contributed by atoms with van der Waals surface area (Å²) in [6, 6.07) is 21.4. The van der Waals surface area contributed by atoms with Gasteiger partial charge in [-0.05, 0) is 23.1 Å². The second-order valence-electron chi connectivity index (χ2n) is 9.88. The van der Waals surface area contributed by atoms with E-state index in [9.17, 15) is 19.2 Å². The van der Waals surface area contributed by atoms with Gasteiger partial charge in [-0.2, -0.15) is 0 Å². The average Bonchev–Trinajstić information content (AvgIpc) is 3.47. The summed E-state index contributed by atoms with van der Waals surface area (Å²) in [7, 11) is 0. The van der Waals surface area contributed by atoms with E-state index in [1.807, 2.05) is 60.7 Å². The van der Waals surface area contributed by atoms with E-state index in [2.05, 4.69) is 16.0 Å². The van der Waals surface area contributed by atoms with Gasteiger partial charge in [-0.15, -0.1) is 0 Å². The monoisotopic (exact) mass is 559 g/mol. The molecule has 0 aliphatic carbocycles. The summed E-state index contributed by atoms with van der Waals surface area (Å²) >= 11 is 0. The Hall–Kier alpha value is -4.86. The van der Waals surface area contributed by atoms with E-state index in [0.29, 0.717) is 17.1 Å². The van der Waals surface area contributed by atoms with Gasteiger partial charge < -0.3 is 30.2 Å². The first kappa shape index (κ1) is 29.1. The van der Waals surface area contributed by atoms with Gasteiger partial charge in [0.25, 0.3) is 5.91 Å². The molecule has 0 fully saturated rings. The number of benzene rings is 3. The molecule has 4 rings (SSSR count). The van der Waals surface area contributed by atoms with Gasteiger partial charge in [0.2, 0.25) is 18.5 Å². The molecule has 0 saturated heterocycles. The Balaban J connectivity index is 1.40. The minimum atomic E-state index is -1.12. The fourth-order valence-corrected chi connectivity index (χ4v) is 4.29.